The molecule has 470 valence electrons. The number of nitrogens with zero attached hydrogens (tertiary/aromatic N) is 5. The molecule has 0 aliphatic carbocycles. The second-order valence-electron chi connectivity index (χ2n) is 24.7. The Morgan fingerprint density at radius 3 is 0.474 bits per heavy atom. The summed E-state index contributed by atoms with van der Waals surface area (Å²) in [4.78, 5) is 13.6. The van der Waals surface area contributed by atoms with E-state index in [1.165, 1.54) is 194 Å². The van der Waals surface area contributed by atoms with Crippen molar-refractivity contribution in [3.63, 3.8) is 0 Å². The Balaban J connectivity index is 7.76. The highest BCUT2D eigenvalue weighted by Gasteiger charge is 2.52. The molecule has 0 amide bonds. The van der Waals surface area contributed by atoms with Gasteiger partial charge in [0.1, 0.15) is 0 Å². The summed E-state index contributed by atoms with van der Waals surface area (Å²) >= 11 is 0. The molecule has 0 aromatic carbocycles. The highest BCUT2D eigenvalue weighted by Crippen LogP contribution is 2.36. The maximum absolute atomic E-state index is 8.16. The molecule has 0 aromatic heterocycles. The standard InChI is InChI=1S/C62H141N5O6Si5/c1-18-28-43-63(44-29-19-2)53-38-58-74(13,68-11)70-76(15,60-40-55-65(47-32-22-5)48-33-23-6)72-78(17,62-42-57-67(51-36-26-9)52-37-27-10)73-77(16,61-41-56-66(49-34-24-7)50-35-25-8)71-75(14,69-12)59-39-54-64(45-30-20-3)46-31-21-4/h18-62H2,1-17H3. The van der Waals surface area contributed by atoms with Gasteiger partial charge in [0, 0.05) is 14.2 Å². The number of hydrogen-bond donors (Lipinski definition) is 0. The van der Waals surface area contributed by atoms with E-state index in [4.69, 9.17) is 25.3 Å². The molecule has 0 saturated carbocycles. The van der Waals surface area contributed by atoms with E-state index in [1.807, 2.05) is 14.2 Å². The Bertz CT molecular complexity index is 1220. The van der Waals surface area contributed by atoms with Gasteiger partial charge >= 0.3 is 42.8 Å². The lowest BCUT2D eigenvalue weighted by atomic mass is 10.2. The Hall–Kier alpha value is 0.644. The minimum absolute atomic E-state index is 0.933. The second-order valence-corrected chi connectivity index (χ2v) is 42.7. The Morgan fingerprint density at radius 1 is 0.205 bits per heavy atom. The van der Waals surface area contributed by atoms with Gasteiger partial charge in [-0.3, -0.25) is 0 Å². The third-order valence-corrected chi connectivity index (χ3v) is 38.2. The minimum atomic E-state index is -3.03. The lowest BCUT2D eigenvalue weighted by Gasteiger charge is -2.46. The van der Waals surface area contributed by atoms with Crippen molar-refractivity contribution in [2.75, 3.05) is 112 Å². The van der Waals surface area contributed by atoms with Gasteiger partial charge in [-0.25, -0.2) is 0 Å². The van der Waals surface area contributed by atoms with Gasteiger partial charge in [-0.05, 0) is 257 Å². The summed E-state index contributed by atoms with van der Waals surface area (Å²) in [5.41, 5.74) is 0. The van der Waals surface area contributed by atoms with E-state index >= 15 is 0 Å². The lowest BCUT2D eigenvalue weighted by molar-refractivity contribution is 0.217. The monoisotopic (exact) mass is 1190 g/mol. The van der Waals surface area contributed by atoms with Crippen molar-refractivity contribution in [2.45, 2.75) is 293 Å². The van der Waals surface area contributed by atoms with Crippen LogP contribution >= 0.6 is 0 Å². The zero-order chi connectivity index (χ0) is 58.4. The maximum atomic E-state index is 8.16. The van der Waals surface area contributed by atoms with Crippen LogP contribution in [0.1, 0.15) is 230 Å². The van der Waals surface area contributed by atoms with E-state index in [1.54, 1.807) is 0 Å². The van der Waals surface area contributed by atoms with E-state index < -0.39 is 42.8 Å². The molecule has 0 fully saturated rings. The van der Waals surface area contributed by atoms with Gasteiger partial charge < -0.3 is 49.8 Å². The van der Waals surface area contributed by atoms with E-state index in [9.17, 15) is 0 Å². The van der Waals surface area contributed by atoms with Crippen LogP contribution < -0.4 is 0 Å². The average molecular weight is 1190 g/mol. The molecule has 4 unspecified atom stereocenters. The SMILES string of the molecule is CCCCN(CCCC)CCC[Si](C)(OC)O[Si](C)(CCCN(CCCC)CCCC)O[Si](C)(CCCN(CCCC)CCCC)O[Si](C)(CCCN(CCCC)CCCC)O[Si](C)(CCCN(CCCC)CCCC)OC. The van der Waals surface area contributed by atoms with E-state index in [2.05, 4.69) is 126 Å². The summed E-state index contributed by atoms with van der Waals surface area (Å²) in [6.07, 6.45) is 30.2. The van der Waals surface area contributed by atoms with Gasteiger partial charge in [0.05, 0.1) is 0 Å². The van der Waals surface area contributed by atoms with Crippen LogP contribution in [-0.2, 0) is 25.3 Å². The minimum Gasteiger partial charge on any atom is -0.416 e. The van der Waals surface area contributed by atoms with Crippen LogP contribution in [0.2, 0.25) is 63.0 Å². The largest absolute Gasteiger partial charge is 0.416 e. The molecule has 0 saturated heterocycles. The summed E-state index contributed by atoms with van der Waals surface area (Å²) in [5, 5.41) is 0. The summed E-state index contributed by atoms with van der Waals surface area (Å²) in [7, 11) is -10.4. The summed E-state index contributed by atoms with van der Waals surface area (Å²) in [6, 6.07) is 4.76. The molecule has 0 heterocycles. The fourth-order valence-corrected chi connectivity index (χ4v) is 35.8. The molecular formula is C62H141N5O6Si5. The van der Waals surface area contributed by atoms with Crippen molar-refractivity contribution in [3.05, 3.63) is 0 Å². The highest BCUT2D eigenvalue weighted by molar-refractivity contribution is 6.90. The van der Waals surface area contributed by atoms with Crippen LogP contribution in [0.3, 0.4) is 0 Å². The molecular weight excluding hydrogens is 1050 g/mol. The van der Waals surface area contributed by atoms with Crippen LogP contribution in [0.25, 0.3) is 0 Å². The van der Waals surface area contributed by atoms with Crippen LogP contribution in [0.15, 0.2) is 0 Å². The summed E-state index contributed by atoms with van der Waals surface area (Å²) in [5.74, 6) is 0. The molecule has 0 aromatic rings. The fraction of sp³-hybridized carbons (Fsp3) is 1.00. The van der Waals surface area contributed by atoms with E-state index in [0.29, 0.717) is 0 Å². The van der Waals surface area contributed by atoms with Crippen LogP contribution in [-0.4, -0.2) is 180 Å². The van der Waals surface area contributed by atoms with Crippen molar-refractivity contribution in [1.82, 2.24) is 24.5 Å². The van der Waals surface area contributed by atoms with Crippen molar-refractivity contribution < 1.29 is 25.3 Å². The second kappa shape index (κ2) is 48.8. The Kier molecular flexibility index (Phi) is 49.2. The quantitative estimate of drug-likeness (QED) is 0.0547. The van der Waals surface area contributed by atoms with Gasteiger partial charge in [0.15, 0.2) is 0 Å². The van der Waals surface area contributed by atoms with Crippen LogP contribution in [0, 0.1) is 0 Å². The highest BCUT2D eigenvalue weighted by atomic mass is 28.5. The lowest BCUT2D eigenvalue weighted by Crippen LogP contribution is -2.62. The molecule has 0 N–H and O–H groups in total. The van der Waals surface area contributed by atoms with Crippen LogP contribution in [0.5, 0.6) is 0 Å². The predicted molar refractivity (Wildman–Crippen MR) is 355 cm³/mol. The molecule has 0 rings (SSSR count). The molecule has 0 bridgehead atoms. The van der Waals surface area contributed by atoms with E-state index in [-0.39, 0.29) is 0 Å². The average Bonchev–Trinajstić information content (AvgIpc) is 3.41. The number of rotatable bonds is 60. The van der Waals surface area contributed by atoms with Crippen molar-refractivity contribution >= 4 is 42.8 Å². The number of unbranched alkanes of at least 4 members (excludes halogenated alkanes) is 10. The first kappa shape index (κ1) is 78.6. The molecule has 4 atom stereocenters. The maximum Gasteiger partial charge on any atom is 0.325 e. The molecule has 0 aliphatic rings. The molecule has 11 nitrogen and oxygen atoms in total. The van der Waals surface area contributed by atoms with Gasteiger partial charge in [0.25, 0.3) is 0 Å². The molecule has 0 spiro atoms. The van der Waals surface area contributed by atoms with Gasteiger partial charge in [-0.2, -0.15) is 0 Å². The molecule has 78 heavy (non-hydrogen) atoms. The molecule has 16 heteroatoms. The fourth-order valence-electron chi connectivity index (χ4n) is 11.2. The van der Waals surface area contributed by atoms with Crippen molar-refractivity contribution in [1.29, 1.82) is 0 Å². The van der Waals surface area contributed by atoms with Gasteiger partial charge in [0.2, 0.25) is 0 Å². The van der Waals surface area contributed by atoms with Crippen molar-refractivity contribution in [2.24, 2.45) is 0 Å². The third kappa shape index (κ3) is 39.3. The first-order valence-electron chi connectivity index (χ1n) is 33.9. The predicted octanol–water partition coefficient (Wildman–Crippen LogP) is 17.2. The third-order valence-electron chi connectivity index (χ3n) is 16.4. The van der Waals surface area contributed by atoms with Gasteiger partial charge in [-0.1, -0.05) is 133 Å². The first-order valence-corrected chi connectivity index (χ1v) is 46.6. The summed E-state index contributed by atoms with van der Waals surface area (Å²) < 4.78 is 45.4. The van der Waals surface area contributed by atoms with Crippen molar-refractivity contribution in [3.8, 4) is 0 Å². The topological polar surface area (TPSA) is 71.6 Å². The first-order chi connectivity index (χ1) is 37.4. The Labute approximate surface area is 495 Å². The zero-order valence-corrected chi connectivity index (χ0v) is 61.0. The van der Waals surface area contributed by atoms with E-state index in [0.717, 1.165) is 95.0 Å². The Morgan fingerprint density at radius 2 is 0.333 bits per heavy atom. The number of hydrogen-bond acceptors (Lipinski definition) is 11. The van der Waals surface area contributed by atoms with Crippen LogP contribution in [0.4, 0.5) is 0 Å². The van der Waals surface area contributed by atoms with Gasteiger partial charge in [-0.15, -0.1) is 0 Å². The molecule has 0 radical (unpaired) electrons. The zero-order valence-electron chi connectivity index (χ0n) is 56.0. The smallest absolute Gasteiger partial charge is 0.325 e. The normalized spacial score (nSPS) is 16.4. The summed E-state index contributed by atoms with van der Waals surface area (Å²) in [6.45, 7) is 52.4. The molecule has 0 aliphatic heterocycles.